The lowest BCUT2D eigenvalue weighted by atomic mass is 9.92. The molecule has 2 saturated carbocycles. The van der Waals surface area contributed by atoms with Crippen molar-refractivity contribution < 1.29 is 8.78 Å². The Morgan fingerprint density at radius 1 is 1.20 bits per heavy atom. The Bertz CT molecular complexity index is 772. The lowest BCUT2D eigenvalue weighted by Gasteiger charge is -2.29. The van der Waals surface area contributed by atoms with Gasteiger partial charge in [-0.3, -0.25) is 0 Å². The van der Waals surface area contributed by atoms with Gasteiger partial charge in [-0.2, -0.15) is 10.1 Å². The summed E-state index contributed by atoms with van der Waals surface area (Å²) >= 11 is 0. The average Bonchev–Trinajstić information content (AvgIpc) is 3.33. The van der Waals surface area contributed by atoms with Crippen molar-refractivity contribution in [2.45, 2.75) is 56.4 Å². The topological polar surface area (TPSA) is 55.6 Å². The molecule has 5 nitrogen and oxygen atoms in total. The highest BCUT2D eigenvalue weighted by Crippen LogP contribution is 2.39. The molecule has 2 aromatic rings. The maximum Gasteiger partial charge on any atom is 0.253 e. The number of halogens is 2. The molecule has 0 amide bonds. The summed E-state index contributed by atoms with van der Waals surface area (Å²) in [5.74, 6) is -0.882. The van der Waals surface area contributed by atoms with Crippen molar-refractivity contribution in [2.24, 2.45) is 0 Å². The molecular formula is C18H21F2N5. The van der Waals surface area contributed by atoms with E-state index < -0.39 is 5.92 Å². The molecule has 0 aromatic carbocycles. The van der Waals surface area contributed by atoms with Crippen molar-refractivity contribution in [3.63, 3.8) is 0 Å². The van der Waals surface area contributed by atoms with Crippen LogP contribution in [0.5, 0.6) is 0 Å². The summed E-state index contributed by atoms with van der Waals surface area (Å²) in [6.45, 7) is 3.77. The van der Waals surface area contributed by atoms with E-state index in [2.05, 4.69) is 27.0 Å². The van der Waals surface area contributed by atoms with E-state index in [0.29, 0.717) is 36.2 Å². The van der Waals surface area contributed by atoms with Gasteiger partial charge in [0, 0.05) is 37.1 Å². The molecular weight excluding hydrogens is 324 g/mol. The van der Waals surface area contributed by atoms with Gasteiger partial charge in [-0.1, -0.05) is 6.58 Å². The molecule has 132 valence electrons. The van der Waals surface area contributed by atoms with E-state index in [1.165, 1.54) is 12.8 Å². The zero-order valence-corrected chi connectivity index (χ0v) is 14.0. The van der Waals surface area contributed by atoms with E-state index in [1.54, 1.807) is 16.8 Å². The molecule has 0 spiro atoms. The third-order valence-corrected chi connectivity index (χ3v) is 4.82. The average molecular weight is 345 g/mol. The first-order valence-corrected chi connectivity index (χ1v) is 8.74. The third-order valence-electron chi connectivity index (χ3n) is 4.82. The summed E-state index contributed by atoms with van der Waals surface area (Å²) in [6.07, 6.45) is 6.58. The van der Waals surface area contributed by atoms with E-state index in [9.17, 15) is 8.78 Å². The van der Waals surface area contributed by atoms with Gasteiger partial charge in [0.25, 0.3) is 5.95 Å². The molecule has 0 atom stereocenters. The molecule has 25 heavy (non-hydrogen) atoms. The summed E-state index contributed by atoms with van der Waals surface area (Å²) < 4.78 is 28.3. The van der Waals surface area contributed by atoms with Gasteiger partial charge in [-0.15, -0.1) is 0 Å². The molecule has 2 aromatic heterocycles. The Hall–Kier alpha value is -2.31. The molecule has 7 heteroatoms. The highest BCUT2D eigenvalue weighted by molar-refractivity contribution is 5.50. The molecule has 0 bridgehead atoms. The molecule has 2 heterocycles. The number of nitrogens with one attached hydrogen (secondary N) is 1. The van der Waals surface area contributed by atoms with Crippen LogP contribution in [0, 0.1) is 0 Å². The monoisotopic (exact) mass is 345 g/mol. The standard InChI is InChI=1S/C18H21F2N5/c1-2-13-11-16(21-14-5-8-18(19,20)9-6-14)23-17(22-13)25-10-7-15(24-25)12-3-4-12/h2,7,10-12,14H,1,3-6,8-9H2,(H,21,22,23). The largest absolute Gasteiger partial charge is 0.367 e. The lowest BCUT2D eigenvalue weighted by molar-refractivity contribution is -0.0361. The Morgan fingerprint density at radius 3 is 2.64 bits per heavy atom. The van der Waals surface area contributed by atoms with Crippen molar-refractivity contribution in [3.05, 3.63) is 36.3 Å². The summed E-state index contributed by atoms with van der Waals surface area (Å²) in [4.78, 5) is 8.96. The number of rotatable bonds is 5. The lowest BCUT2D eigenvalue weighted by Crippen LogP contribution is -2.32. The Kier molecular flexibility index (Phi) is 4.01. The fourth-order valence-corrected chi connectivity index (χ4v) is 3.17. The van der Waals surface area contributed by atoms with Gasteiger partial charge in [-0.25, -0.2) is 18.4 Å². The summed E-state index contributed by atoms with van der Waals surface area (Å²) in [5, 5.41) is 7.83. The molecule has 0 unspecified atom stereocenters. The van der Waals surface area contributed by atoms with E-state index >= 15 is 0 Å². The van der Waals surface area contributed by atoms with Crippen molar-refractivity contribution >= 4 is 11.9 Å². The van der Waals surface area contributed by atoms with Gasteiger partial charge in [-0.05, 0) is 37.8 Å². The van der Waals surface area contributed by atoms with Crippen LogP contribution in [0.4, 0.5) is 14.6 Å². The van der Waals surface area contributed by atoms with Crippen LogP contribution in [0.1, 0.15) is 55.8 Å². The molecule has 2 fully saturated rings. The van der Waals surface area contributed by atoms with Gasteiger partial charge in [0.15, 0.2) is 0 Å². The first kappa shape index (κ1) is 16.2. The van der Waals surface area contributed by atoms with Crippen molar-refractivity contribution in [1.29, 1.82) is 0 Å². The van der Waals surface area contributed by atoms with Crippen LogP contribution < -0.4 is 5.32 Å². The van der Waals surface area contributed by atoms with E-state index in [1.807, 2.05) is 12.3 Å². The predicted molar refractivity (Wildman–Crippen MR) is 92.0 cm³/mol. The molecule has 0 aliphatic heterocycles. The fourth-order valence-electron chi connectivity index (χ4n) is 3.17. The van der Waals surface area contributed by atoms with Crippen molar-refractivity contribution in [3.8, 4) is 5.95 Å². The zero-order chi connectivity index (χ0) is 17.4. The highest BCUT2D eigenvalue weighted by Gasteiger charge is 2.35. The molecule has 2 aliphatic rings. The fraction of sp³-hybridized carbons (Fsp3) is 0.500. The minimum absolute atomic E-state index is 0.000290. The van der Waals surface area contributed by atoms with Gasteiger partial charge < -0.3 is 5.32 Å². The van der Waals surface area contributed by atoms with Crippen LogP contribution >= 0.6 is 0 Å². The molecule has 0 radical (unpaired) electrons. The number of nitrogens with zero attached hydrogens (tertiary/aromatic N) is 4. The second kappa shape index (κ2) is 6.20. The molecule has 1 N–H and O–H groups in total. The Morgan fingerprint density at radius 2 is 1.96 bits per heavy atom. The van der Waals surface area contributed by atoms with Crippen LogP contribution in [0.15, 0.2) is 24.9 Å². The van der Waals surface area contributed by atoms with Crippen LogP contribution in [0.25, 0.3) is 12.0 Å². The first-order valence-electron chi connectivity index (χ1n) is 8.74. The number of aromatic nitrogens is 4. The van der Waals surface area contributed by atoms with Crippen LogP contribution in [-0.4, -0.2) is 31.7 Å². The second-order valence-electron chi connectivity index (χ2n) is 6.92. The summed E-state index contributed by atoms with van der Waals surface area (Å²) in [6, 6.07) is 3.78. The predicted octanol–water partition coefficient (Wildman–Crippen LogP) is 4.17. The second-order valence-corrected chi connectivity index (χ2v) is 6.92. The quantitative estimate of drug-likeness (QED) is 0.883. The van der Waals surface area contributed by atoms with Gasteiger partial charge in [0.2, 0.25) is 5.92 Å². The normalized spacial score (nSPS) is 20.4. The summed E-state index contributed by atoms with van der Waals surface area (Å²) in [7, 11) is 0. The van der Waals surface area contributed by atoms with Crippen molar-refractivity contribution in [1.82, 2.24) is 19.7 Å². The number of anilines is 1. The van der Waals surface area contributed by atoms with Crippen LogP contribution in [0.2, 0.25) is 0 Å². The van der Waals surface area contributed by atoms with E-state index in [-0.39, 0.29) is 18.9 Å². The first-order chi connectivity index (χ1) is 12.0. The van der Waals surface area contributed by atoms with Crippen molar-refractivity contribution in [2.75, 3.05) is 5.32 Å². The third kappa shape index (κ3) is 3.70. The minimum atomic E-state index is -2.53. The van der Waals surface area contributed by atoms with Gasteiger partial charge in [0.1, 0.15) is 5.82 Å². The SMILES string of the molecule is C=Cc1cc(NC2CCC(F)(F)CC2)nc(-n2ccc(C3CC3)n2)n1. The van der Waals surface area contributed by atoms with Crippen LogP contribution in [-0.2, 0) is 0 Å². The number of alkyl halides is 2. The Labute approximate surface area is 145 Å². The maximum absolute atomic E-state index is 13.3. The maximum atomic E-state index is 13.3. The van der Waals surface area contributed by atoms with E-state index in [4.69, 9.17) is 0 Å². The minimum Gasteiger partial charge on any atom is -0.367 e. The van der Waals surface area contributed by atoms with Crippen LogP contribution in [0.3, 0.4) is 0 Å². The Balaban J connectivity index is 1.54. The van der Waals surface area contributed by atoms with E-state index in [0.717, 1.165) is 5.69 Å². The number of hydrogen-bond donors (Lipinski definition) is 1. The van der Waals surface area contributed by atoms with Gasteiger partial charge >= 0.3 is 0 Å². The molecule has 2 aliphatic carbocycles. The van der Waals surface area contributed by atoms with Gasteiger partial charge in [0.05, 0.1) is 11.4 Å². The highest BCUT2D eigenvalue weighted by atomic mass is 19.3. The number of hydrogen-bond acceptors (Lipinski definition) is 4. The smallest absolute Gasteiger partial charge is 0.253 e. The summed E-state index contributed by atoms with van der Waals surface area (Å²) in [5.41, 5.74) is 1.74. The molecule has 0 saturated heterocycles. The molecule has 4 rings (SSSR count). The zero-order valence-electron chi connectivity index (χ0n) is 14.0.